The Balaban J connectivity index is 1.08. The molecule has 0 saturated carbocycles. The molecule has 0 radical (unpaired) electrons. The minimum atomic E-state index is -0.957. The smallest absolute Gasteiger partial charge is 0.302 e. The van der Waals surface area contributed by atoms with E-state index in [0.29, 0.717) is 43.1 Å². The van der Waals surface area contributed by atoms with Gasteiger partial charge >= 0.3 is 5.97 Å². The third-order valence-corrected chi connectivity index (χ3v) is 11.1. The van der Waals surface area contributed by atoms with Gasteiger partial charge in [0.05, 0.1) is 40.6 Å². The molecule has 6 rings (SSSR count). The summed E-state index contributed by atoms with van der Waals surface area (Å²) in [4.78, 5) is 64.4. The van der Waals surface area contributed by atoms with E-state index in [1.54, 1.807) is 35.6 Å². The second kappa shape index (κ2) is 17.0. The van der Waals surface area contributed by atoms with Crippen molar-refractivity contribution in [1.29, 1.82) is 0 Å². The normalized spacial score (nSPS) is 18.0. The molecule has 3 atom stereocenters. The van der Waals surface area contributed by atoms with Gasteiger partial charge in [0.2, 0.25) is 17.7 Å². The first-order valence-corrected chi connectivity index (χ1v) is 19.5. The lowest BCUT2D eigenvalue weighted by Gasteiger charge is -2.37. The van der Waals surface area contributed by atoms with Gasteiger partial charge < -0.3 is 36.0 Å². The monoisotopic (exact) mass is 783 g/mol. The number of hydrogen-bond acceptors (Lipinski definition) is 13. The van der Waals surface area contributed by atoms with Gasteiger partial charge in [-0.15, -0.1) is 21.5 Å². The number of benzene rings is 2. The van der Waals surface area contributed by atoms with E-state index in [1.165, 1.54) is 11.8 Å². The highest BCUT2D eigenvalue weighted by Crippen LogP contribution is 2.32. The molecule has 0 aliphatic carbocycles. The number of nitrogens with zero attached hydrogens (tertiary/aromatic N) is 6. The van der Waals surface area contributed by atoms with Crippen LogP contribution < -0.4 is 21.3 Å². The number of anilines is 2. The fourth-order valence-electron chi connectivity index (χ4n) is 7.11. The molecule has 0 bridgehead atoms. The summed E-state index contributed by atoms with van der Waals surface area (Å²) in [7, 11) is 0. The molecule has 16 heteroatoms. The summed E-state index contributed by atoms with van der Waals surface area (Å²) in [6.45, 7) is 11.4. The van der Waals surface area contributed by atoms with Crippen molar-refractivity contribution in [2.45, 2.75) is 65.8 Å². The van der Waals surface area contributed by atoms with Crippen molar-refractivity contribution in [3.63, 3.8) is 0 Å². The van der Waals surface area contributed by atoms with Crippen LogP contribution in [0.25, 0.3) is 21.7 Å². The molecule has 56 heavy (non-hydrogen) atoms. The number of nitrogens with one attached hydrogen (secondary N) is 2. The largest absolute Gasteiger partial charge is 0.507 e. The fourth-order valence-corrected chi connectivity index (χ4v) is 7.92. The minimum Gasteiger partial charge on any atom is -0.507 e. The van der Waals surface area contributed by atoms with Crippen LogP contribution >= 0.6 is 11.3 Å². The van der Waals surface area contributed by atoms with Crippen LogP contribution in [0.4, 0.5) is 11.5 Å². The quantitative estimate of drug-likeness (QED) is 0.162. The standard InChI is InChI=1S/C40H49N9O6S/c1-24-35(56-23-43-24)27-12-10-26(11-13-27)20-42-38(53)32-18-28(55-25(2)50)21-49(32)39(54)36(40(3,4)5)44-34(52)22-47-14-16-48(17-15-47)31-19-30(45-46-37(31)41)29-8-6-7-9-33(29)51/h6-13,19,23,28,32,36,51H,14-18,20-22H2,1-5H3,(H2,41,46)(H,42,53)(H,44,52)/t28-,32+,36-/m1/s1. The molecule has 5 N–H and O–H groups in total. The average molecular weight is 784 g/mol. The summed E-state index contributed by atoms with van der Waals surface area (Å²) < 4.78 is 5.48. The van der Waals surface area contributed by atoms with Gasteiger partial charge in [-0.25, -0.2) is 4.98 Å². The Labute approximate surface area is 330 Å². The maximum absolute atomic E-state index is 14.3. The van der Waals surface area contributed by atoms with Gasteiger partial charge in [0, 0.05) is 51.6 Å². The van der Waals surface area contributed by atoms with E-state index >= 15 is 0 Å². The van der Waals surface area contributed by atoms with E-state index in [9.17, 15) is 24.3 Å². The number of rotatable bonds is 11. The molecule has 4 aromatic rings. The molecular weight excluding hydrogens is 735 g/mol. The zero-order chi connectivity index (χ0) is 40.1. The molecule has 2 fully saturated rings. The molecule has 0 spiro atoms. The van der Waals surface area contributed by atoms with Crippen molar-refractivity contribution in [3.05, 3.63) is 71.4 Å². The number of ether oxygens (including phenoxy) is 1. The van der Waals surface area contributed by atoms with Gasteiger partial charge in [-0.05, 0) is 41.7 Å². The summed E-state index contributed by atoms with van der Waals surface area (Å²) in [5, 5.41) is 24.6. The van der Waals surface area contributed by atoms with Gasteiger partial charge in [0.25, 0.3) is 0 Å². The van der Waals surface area contributed by atoms with Crippen LogP contribution in [0.2, 0.25) is 0 Å². The fraction of sp³-hybridized carbons (Fsp3) is 0.425. The number of aryl methyl sites for hydroxylation is 1. The Morgan fingerprint density at radius 1 is 1.04 bits per heavy atom. The van der Waals surface area contributed by atoms with Gasteiger partial charge in [-0.2, -0.15) is 0 Å². The predicted molar refractivity (Wildman–Crippen MR) is 213 cm³/mol. The number of carbonyl (C=O) groups is 4. The maximum Gasteiger partial charge on any atom is 0.302 e. The Bertz CT molecular complexity index is 2060. The summed E-state index contributed by atoms with van der Waals surface area (Å²) in [6, 6.07) is 14.7. The molecule has 2 aromatic heterocycles. The van der Waals surface area contributed by atoms with Crippen LogP contribution in [-0.4, -0.2) is 111 Å². The number of nitrogen functional groups attached to an aromatic ring is 1. The van der Waals surface area contributed by atoms with Gasteiger partial charge in [-0.3, -0.25) is 24.1 Å². The number of aromatic hydroxyl groups is 1. The third-order valence-electron chi connectivity index (χ3n) is 10.1. The van der Waals surface area contributed by atoms with E-state index in [1.807, 2.05) is 68.4 Å². The lowest BCUT2D eigenvalue weighted by molar-refractivity contribution is -0.147. The highest BCUT2D eigenvalue weighted by molar-refractivity contribution is 7.13. The molecule has 296 valence electrons. The average Bonchev–Trinajstić information content (AvgIpc) is 3.79. The predicted octanol–water partition coefficient (Wildman–Crippen LogP) is 3.37. The minimum absolute atomic E-state index is 0.0302. The number of amides is 3. The lowest BCUT2D eigenvalue weighted by atomic mass is 9.85. The zero-order valence-corrected chi connectivity index (χ0v) is 33.1. The number of phenolic OH excluding ortho intramolecular Hbond substituents is 1. The Hall–Kier alpha value is -5.61. The van der Waals surface area contributed by atoms with Crippen LogP contribution in [0.3, 0.4) is 0 Å². The van der Waals surface area contributed by atoms with Crippen molar-refractivity contribution in [1.82, 2.24) is 35.6 Å². The third kappa shape index (κ3) is 9.42. The maximum atomic E-state index is 14.3. The second-order valence-corrected chi connectivity index (χ2v) is 16.2. The van der Waals surface area contributed by atoms with E-state index in [2.05, 4.69) is 30.7 Å². The van der Waals surface area contributed by atoms with Crippen LogP contribution in [-0.2, 0) is 30.5 Å². The summed E-state index contributed by atoms with van der Waals surface area (Å²) in [5.74, 6) is -1.26. The van der Waals surface area contributed by atoms with Crippen molar-refractivity contribution in [2.24, 2.45) is 5.41 Å². The van der Waals surface area contributed by atoms with Crippen LogP contribution in [0.5, 0.6) is 5.75 Å². The summed E-state index contributed by atoms with van der Waals surface area (Å²) >= 11 is 1.57. The molecule has 15 nitrogen and oxygen atoms in total. The number of hydrogen-bond donors (Lipinski definition) is 4. The number of thiazole rings is 1. The molecule has 2 aromatic carbocycles. The van der Waals surface area contributed by atoms with Gasteiger partial charge in [0.15, 0.2) is 5.82 Å². The highest BCUT2D eigenvalue weighted by atomic mass is 32.1. The molecule has 2 saturated heterocycles. The molecule has 0 unspecified atom stereocenters. The Kier molecular flexibility index (Phi) is 12.2. The topological polar surface area (TPSA) is 196 Å². The SMILES string of the molecule is CC(=O)O[C@@H]1C[C@@H](C(=O)NCc2ccc(-c3scnc3C)cc2)N(C(=O)[C@@H](NC(=O)CN2CCN(c3cc(-c4ccccc4O)nnc3N)CC2)C(C)(C)C)C1. The van der Waals surface area contributed by atoms with Crippen molar-refractivity contribution in [3.8, 4) is 27.4 Å². The summed E-state index contributed by atoms with van der Waals surface area (Å²) in [5.41, 5.74) is 11.9. The van der Waals surface area contributed by atoms with Gasteiger partial charge in [-0.1, -0.05) is 57.2 Å². The highest BCUT2D eigenvalue weighted by Gasteiger charge is 2.46. The number of likely N-dealkylation sites (tertiary alicyclic amines) is 1. The van der Waals surface area contributed by atoms with Crippen molar-refractivity contribution < 1.29 is 29.0 Å². The van der Waals surface area contributed by atoms with E-state index < -0.39 is 35.5 Å². The Morgan fingerprint density at radius 3 is 2.39 bits per heavy atom. The molecule has 2 aliphatic heterocycles. The molecule has 3 amide bonds. The van der Waals surface area contributed by atoms with E-state index in [0.717, 1.165) is 21.7 Å². The number of piperazine rings is 1. The first kappa shape index (κ1) is 40.1. The van der Waals surface area contributed by atoms with Crippen molar-refractivity contribution in [2.75, 3.05) is 49.9 Å². The number of para-hydroxylation sites is 1. The first-order valence-electron chi connectivity index (χ1n) is 18.6. The number of aromatic nitrogens is 3. The van der Waals surface area contributed by atoms with Gasteiger partial charge in [0.1, 0.15) is 23.9 Å². The number of nitrogens with two attached hydrogens (primary N) is 1. The summed E-state index contributed by atoms with van der Waals surface area (Å²) in [6.07, 6.45) is -0.526. The molecular formula is C40H49N9O6S. The van der Waals surface area contributed by atoms with Crippen LogP contribution in [0.15, 0.2) is 60.1 Å². The first-order chi connectivity index (χ1) is 26.7. The number of phenols is 1. The zero-order valence-electron chi connectivity index (χ0n) is 32.3. The van der Waals surface area contributed by atoms with Crippen molar-refractivity contribution >= 4 is 46.5 Å². The van der Waals surface area contributed by atoms with Crippen LogP contribution in [0.1, 0.15) is 45.4 Å². The van der Waals surface area contributed by atoms with E-state index in [4.69, 9.17) is 10.5 Å². The number of esters is 1. The molecule has 2 aliphatic rings. The molecule has 4 heterocycles. The van der Waals surface area contributed by atoms with Crippen LogP contribution in [0, 0.1) is 12.3 Å². The number of carbonyl (C=O) groups excluding carboxylic acids is 4. The lowest BCUT2D eigenvalue weighted by Crippen LogP contribution is -2.59. The second-order valence-electron chi connectivity index (χ2n) is 15.3. The van der Waals surface area contributed by atoms with E-state index in [-0.39, 0.29) is 49.4 Å². The Morgan fingerprint density at radius 2 is 1.75 bits per heavy atom.